The Kier molecular flexibility index (Phi) is 3.97. The molecule has 4 heteroatoms. The third-order valence-electron chi connectivity index (χ3n) is 2.99. The number of rotatable bonds is 3. The van der Waals surface area contributed by atoms with Gasteiger partial charge in [0, 0.05) is 19.8 Å². The number of hydrogen-bond donors (Lipinski definition) is 0. The minimum atomic E-state index is -0.0752. The average Bonchev–Trinajstić information content (AvgIpc) is 2.80. The smallest absolute Gasteiger partial charge is 0.309 e. The van der Waals surface area contributed by atoms with Gasteiger partial charge in [0.15, 0.2) is 0 Å². The lowest BCUT2D eigenvalue weighted by Gasteiger charge is -2.21. The molecule has 0 spiro atoms. The second kappa shape index (κ2) is 5.47. The first kappa shape index (κ1) is 10.9. The van der Waals surface area contributed by atoms with Gasteiger partial charge in [0.1, 0.15) is 6.61 Å². The lowest BCUT2D eigenvalue weighted by Crippen LogP contribution is -2.27. The second-order valence-electron chi connectivity index (χ2n) is 4.15. The van der Waals surface area contributed by atoms with Crippen molar-refractivity contribution in [3.8, 4) is 0 Å². The maximum absolute atomic E-state index is 11.6. The van der Waals surface area contributed by atoms with Crippen LogP contribution in [0.2, 0.25) is 0 Å². The minimum absolute atomic E-state index is 0.0418. The van der Waals surface area contributed by atoms with Crippen LogP contribution >= 0.6 is 0 Å². The van der Waals surface area contributed by atoms with Gasteiger partial charge in [0.25, 0.3) is 0 Å². The summed E-state index contributed by atoms with van der Waals surface area (Å²) < 4.78 is 15.8. The Balaban J connectivity index is 1.66. The van der Waals surface area contributed by atoms with Crippen LogP contribution in [-0.4, -0.2) is 38.5 Å². The van der Waals surface area contributed by atoms with E-state index in [-0.39, 0.29) is 18.0 Å². The molecule has 2 rings (SSSR count). The maximum Gasteiger partial charge on any atom is 0.309 e. The standard InChI is InChI=1S/C11H18O4/c12-11(9-3-6-13-7-4-9)15-8-10-2-1-5-14-10/h9-10H,1-8H2. The van der Waals surface area contributed by atoms with Crippen LogP contribution in [0.15, 0.2) is 0 Å². The first-order valence-electron chi connectivity index (χ1n) is 5.72. The molecule has 86 valence electrons. The van der Waals surface area contributed by atoms with E-state index >= 15 is 0 Å². The molecule has 2 aliphatic rings. The van der Waals surface area contributed by atoms with E-state index in [0.717, 1.165) is 32.3 Å². The van der Waals surface area contributed by atoms with Gasteiger partial charge in [-0.3, -0.25) is 4.79 Å². The van der Waals surface area contributed by atoms with Gasteiger partial charge in [-0.1, -0.05) is 0 Å². The Morgan fingerprint density at radius 2 is 2.00 bits per heavy atom. The molecule has 0 aromatic rings. The van der Waals surface area contributed by atoms with Gasteiger partial charge < -0.3 is 14.2 Å². The van der Waals surface area contributed by atoms with Crippen molar-refractivity contribution in [1.29, 1.82) is 0 Å². The number of esters is 1. The van der Waals surface area contributed by atoms with Crippen LogP contribution in [0.25, 0.3) is 0 Å². The number of ether oxygens (including phenoxy) is 3. The Morgan fingerprint density at radius 3 is 2.67 bits per heavy atom. The molecule has 0 radical (unpaired) electrons. The molecule has 2 fully saturated rings. The summed E-state index contributed by atoms with van der Waals surface area (Å²) in [7, 11) is 0. The zero-order valence-corrected chi connectivity index (χ0v) is 8.94. The fourth-order valence-corrected chi connectivity index (χ4v) is 2.00. The van der Waals surface area contributed by atoms with Gasteiger partial charge in [-0.05, 0) is 25.7 Å². The Bertz CT molecular complexity index is 205. The van der Waals surface area contributed by atoms with Gasteiger partial charge in [-0.15, -0.1) is 0 Å². The van der Waals surface area contributed by atoms with Crippen LogP contribution in [-0.2, 0) is 19.0 Å². The van der Waals surface area contributed by atoms with Crippen molar-refractivity contribution in [3.63, 3.8) is 0 Å². The van der Waals surface area contributed by atoms with Crippen LogP contribution in [0.1, 0.15) is 25.7 Å². The first-order valence-corrected chi connectivity index (χ1v) is 5.72. The van der Waals surface area contributed by atoms with E-state index in [0.29, 0.717) is 19.8 Å². The molecule has 0 amide bonds. The number of carbonyl (C=O) groups is 1. The summed E-state index contributed by atoms with van der Waals surface area (Å²) in [5, 5.41) is 0. The van der Waals surface area contributed by atoms with E-state index in [2.05, 4.69) is 0 Å². The molecular formula is C11H18O4. The maximum atomic E-state index is 11.6. The van der Waals surface area contributed by atoms with Gasteiger partial charge >= 0.3 is 5.97 Å². The Hall–Kier alpha value is -0.610. The molecular weight excluding hydrogens is 196 g/mol. The van der Waals surface area contributed by atoms with Crippen LogP contribution in [0.5, 0.6) is 0 Å². The van der Waals surface area contributed by atoms with Crippen molar-refractivity contribution in [3.05, 3.63) is 0 Å². The molecule has 0 aromatic carbocycles. The van der Waals surface area contributed by atoms with E-state index in [1.54, 1.807) is 0 Å². The van der Waals surface area contributed by atoms with Gasteiger partial charge in [-0.25, -0.2) is 0 Å². The average molecular weight is 214 g/mol. The third kappa shape index (κ3) is 3.18. The molecule has 4 nitrogen and oxygen atoms in total. The lowest BCUT2D eigenvalue weighted by atomic mass is 10.0. The summed E-state index contributed by atoms with van der Waals surface area (Å²) in [5.74, 6) is -0.0334. The van der Waals surface area contributed by atoms with Crippen molar-refractivity contribution in [2.24, 2.45) is 5.92 Å². The highest BCUT2D eigenvalue weighted by molar-refractivity contribution is 5.72. The molecule has 2 heterocycles. The fourth-order valence-electron chi connectivity index (χ4n) is 2.00. The molecule has 2 aliphatic heterocycles. The van der Waals surface area contributed by atoms with Crippen molar-refractivity contribution in [1.82, 2.24) is 0 Å². The minimum Gasteiger partial charge on any atom is -0.463 e. The zero-order chi connectivity index (χ0) is 10.5. The molecule has 1 atom stereocenters. The number of hydrogen-bond acceptors (Lipinski definition) is 4. The molecule has 0 aliphatic carbocycles. The summed E-state index contributed by atoms with van der Waals surface area (Å²) in [6, 6.07) is 0. The van der Waals surface area contributed by atoms with E-state index in [4.69, 9.17) is 14.2 Å². The number of carbonyl (C=O) groups excluding carboxylic acids is 1. The molecule has 0 aromatic heterocycles. The van der Waals surface area contributed by atoms with Crippen LogP contribution in [0.4, 0.5) is 0 Å². The molecule has 2 saturated heterocycles. The molecule has 15 heavy (non-hydrogen) atoms. The largest absolute Gasteiger partial charge is 0.463 e. The molecule has 1 unspecified atom stereocenters. The van der Waals surface area contributed by atoms with Crippen LogP contribution in [0.3, 0.4) is 0 Å². The summed E-state index contributed by atoms with van der Waals surface area (Å²) in [6.07, 6.45) is 3.82. The van der Waals surface area contributed by atoms with Gasteiger partial charge in [0.05, 0.1) is 12.0 Å². The van der Waals surface area contributed by atoms with E-state index < -0.39 is 0 Å². The van der Waals surface area contributed by atoms with E-state index in [1.165, 1.54) is 0 Å². The summed E-state index contributed by atoms with van der Waals surface area (Å²) >= 11 is 0. The quantitative estimate of drug-likeness (QED) is 0.661. The predicted octanol–water partition coefficient (Wildman–Crippen LogP) is 1.14. The second-order valence-corrected chi connectivity index (χ2v) is 4.15. The SMILES string of the molecule is O=C(OCC1CCCO1)C1CCOCC1. The summed E-state index contributed by atoms with van der Waals surface area (Å²) in [6.45, 7) is 2.59. The molecule has 0 N–H and O–H groups in total. The molecule has 0 saturated carbocycles. The normalized spacial score (nSPS) is 27.9. The zero-order valence-electron chi connectivity index (χ0n) is 8.94. The van der Waals surface area contributed by atoms with Gasteiger partial charge in [0.2, 0.25) is 0 Å². The topological polar surface area (TPSA) is 44.8 Å². The monoisotopic (exact) mass is 214 g/mol. The Morgan fingerprint density at radius 1 is 1.20 bits per heavy atom. The van der Waals surface area contributed by atoms with E-state index in [1.807, 2.05) is 0 Å². The van der Waals surface area contributed by atoms with E-state index in [9.17, 15) is 4.79 Å². The lowest BCUT2D eigenvalue weighted by molar-refractivity contribution is -0.154. The predicted molar refractivity (Wildman–Crippen MR) is 53.5 cm³/mol. The summed E-state index contributed by atoms with van der Waals surface area (Å²) in [4.78, 5) is 11.6. The van der Waals surface area contributed by atoms with Crippen molar-refractivity contribution in [2.45, 2.75) is 31.8 Å². The van der Waals surface area contributed by atoms with Crippen molar-refractivity contribution in [2.75, 3.05) is 26.4 Å². The molecule has 0 bridgehead atoms. The van der Waals surface area contributed by atoms with Crippen molar-refractivity contribution < 1.29 is 19.0 Å². The highest BCUT2D eigenvalue weighted by atomic mass is 16.6. The highest BCUT2D eigenvalue weighted by Gasteiger charge is 2.24. The Labute approximate surface area is 89.9 Å². The van der Waals surface area contributed by atoms with Gasteiger partial charge in [-0.2, -0.15) is 0 Å². The highest BCUT2D eigenvalue weighted by Crippen LogP contribution is 2.18. The fraction of sp³-hybridized carbons (Fsp3) is 0.909. The third-order valence-corrected chi connectivity index (χ3v) is 2.99. The van der Waals surface area contributed by atoms with Crippen LogP contribution < -0.4 is 0 Å². The first-order chi connectivity index (χ1) is 7.36. The van der Waals surface area contributed by atoms with Crippen molar-refractivity contribution >= 4 is 5.97 Å². The summed E-state index contributed by atoms with van der Waals surface area (Å²) in [5.41, 5.74) is 0. The van der Waals surface area contributed by atoms with Crippen LogP contribution in [0, 0.1) is 5.92 Å².